The Kier molecular flexibility index (Phi) is 5.49. The number of amides is 1. The summed E-state index contributed by atoms with van der Waals surface area (Å²) in [6.07, 6.45) is 8.37. The van der Waals surface area contributed by atoms with Gasteiger partial charge in [0.2, 0.25) is 5.91 Å². The maximum atomic E-state index is 15.0. The number of aliphatic hydroxyl groups excluding tert-OH is 1. The van der Waals surface area contributed by atoms with Crippen molar-refractivity contribution in [3.05, 3.63) is 66.1 Å². The van der Waals surface area contributed by atoms with Crippen molar-refractivity contribution in [2.24, 2.45) is 11.8 Å². The van der Waals surface area contributed by atoms with Crippen LogP contribution in [0.3, 0.4) is 0 Å². The fraction of sp³-hybridized carbons (Fsp3) is 0.280. The van der Waals surface area contributed by atoms with Crippen molar-refractivity contribution in [2.75, 3.05) is 17.7 Å². The van der Waals surface area contributed by atoms with E-state index in [0.717, 1.165) is 11.1 Å². The van der Waals surface area contributed by atoms with Gasteiger partial charge in [0.15, 0.2) is 5.82 Å². The summed E-state index contributed by atoms with van der Waals surface area (Å²) in [7, 11) is 0. The summed E-state index contributed by atoms with van der Waals surface area (Å²) in [6.45, 7) is 4.34. The molecular formula is C25H25FN6O2. The van der Waals surface area contributed by atoms with Crippen molar-refractivity contribution in [2.45, 2.75) is 26.3 Å². The van der Waals surface area contributed by atoms with E-state index in [1.54, 1.807) is 35.4 Å². The van der Waals surface area contributed by atoms with Gasteiger partial charge >= 0.3 is 0 Å². The molecule has 0 saturated heterocycles. The molecule has 174 valence electrons. The minimum absolute atomic E-state index is 0.00929. The third kappa shape index (κ3) is 3.77. The molecule has 34 heavy (non-hydrogen) atoms. The molecule has 1 fully saturated rings. The number of aliphatic hydroxyl groups is 1. The Hall–Kier alpha value is -3.85. The van der Waals surface area contributed by atoms with Crippen LogP contribution in [0.4, 0.5) is 15.9 Å². The number of hydrogen-bond donors (Lipinski definition) is 3. The molecule has 3 aromatic heterocycles. The molecule has 0 bridgehead atoms. The molecule has 0 radical (unpaired) electrons. The number of nitrogens with one attached hydrogen (secondary N) is 1. The van der Waals surface area contributed by atoms with Crippen LogP contribution >= 0.6 is 0 Å². The molecule has 3 heterocycles. The molecule has 4 N–H and O–H groups in total. The largest absolute Gasteiger partial charge is 0.396 e. The molecule has 5 rings (SSSR count). The maximum Gasteiger partial charge on any atom is 0.229 e. The van der Waals surface area contributed by atoms with Gasteiger partial charge < -0.3 is 16.2 Å². The van der Waals surface area contributed by atoms with Crippen LogP contribution in [-0.4, -0.2) is 37.4 Å². The lowest BCUT2D eigenvalue weighted by molar-refractivity contribution is -0.117. The van der Waals surface area contributed by atoms with Crippen molar-refractivity contribution >= 4 is 28.2 Å². The van der Waals surface area contributed by atoms with Gasteiger partial charge in [0.25, 0.3) is 0 Å². The third-order valence-corrected chi connectivity index (χ3v) is 6.63. The van der Waals surface area contributed by atoms with Crippen molar-refractivity contribution < 1.29 is 14.3 Å². The highest BCUT2D eigenvalue weighted by molar-refractivity contribution is 6.00. The summed E-state index contributed by atoms with van der Waals surface area (Å²) in [5, 5.41) is 17.4. The molecule has 1 aliphatic carbocycles. The number of rotatable bonds is 6. The topological polar surface area (TPSA) is 119 Å². The Morgan fingerprint density at radius 3 is 2.85 bits per heavy atom. The number of pyridine rings is 2. The van der Waals surface area contributed by atoms with Crippen LogP contribution < -0.4 is 11.1 Å². The molecule has 1 aliphatic rings. The van der Waals surface area contributed by atoms with Gasteiger partial charge in [-0.05, 0) is 47.6 Å². The van der Waals surface area contributed by atoms with E-state index in [9.17, 15) is 4.79 Å². The van der Waals surface area contributed by atoms with Gasteiger partial charge in [0.1, 0.15) is 5.82 Å². The normalized spacial score (nSPS) is 19.4. The van der Waals surface area contributed by atoms with E-state index in [1.165, 1.54) is 6.20 Å². The fourth-order valence-electron chi connectivity index (χ4n) is 4.67. The first-order chi connectivity index (χ1) is 16.4. The first-order valence-electron chi connectivity index (χ1n) is 11.1. The summed E-state index contributed by atoms with van der Waals surface area (Å²) in [5.41, 5.74) is 8.98. The molecule has 9 heteroatoms. The molecule has 0 unspecified atom stereocenters. The smallest absolute Gasteiger partial charge is 0.229 e. The monoisotopic (exact) mass is 460 g/mol. The summed E-state index contributed by atoms with van der Waals surface area (Å²) in [6, 6.07) is 5.23. The molecule has 8 nitrogen and oxygen atoms in total. The lowest BCUT2D eigenvalue weighted by atomic mass is 9.98. The van der Waals surface area contributed by atoms with Gasteiger partial charge in [-0.15, -0.1) is 0 Å². The van der Waals surface area contributed by atoms with Gasteiger partial charge in [0, 0.05) is 53.1 Å². The fourth-order valence-corrected chi connectivity index (χ4v) is 4.67. The number of hydrogen-bond acceptors (Lipinski definition) is 6. The molecule has 0 aliphatic heterocycles. The van der Waals surface area contributed by atoms with Crippen LogP contribution in [0.1, 0.15) is 24.0 Å². The Bertz CT molecular complexity index is 1400. The number of nitrogens with two attached hydrogens (primary N) is 1. The van der Waals surface area contributed by atoms with Gasteiger partial charge in [0.05, 0.1) is 25.0 Å². The molecule has 0 spiro atoms. The zero-order valence-corrected chi connectivity index (χ0v) is 18.9. The van der Waals surface area contributed by atoms with Crippen molar-refractivity contribution in [3.63, 3.8) is 0 Å². The van der Waals surface area contributed by atoms with Crippen LogP contribution in [0, 0.1) is 24.6 Å². The average Bonchev–Trinajstić information content (AvgIpc) is 3.27. The van der Waals surface area contributed by atoms with E-state index in [2.05, 4.69) is 20.4 Å². The second-order valence-electron chi connectivity index (χ2n) is 8.79. The van der Waals surface area contributed by atoms with Crippen LogP contribution in [0.15, 0.2) is 49.2 Å². The predicted molar refractivity (Wildman–Crippen MR) is 127 cm³/mol. The zero-order chi connectivity index (χ0) is 24.0. The average molecular weight is 461 g/mol. The van der Waals surface area contributed by atoms with Crippen LogP contribution in [0.2, 0.25) is 0 Å². The van der Waals surface area contributed by atoms with E-state index < -0.39 is 5.82 Å². The quantitative estimate of drug-likeness (QED) is 0.379. The highest BCUT2D eigenvalue weighted by Gasteiger charge is 2.53. The van der Waals surface area contributed by atoms with E-state index in [4.69, 9.17) is 10.8 Å². The Labute approximate surface area is 195 Å². The number of benzene rings is 1. The van der Waals surface area contributed by atoms with Crippen LogP contribution in [0.25, 0.3) is 21.9 Å². The van der Waals surface area contributed by atoms with Gasteiger partial charge in [-0.2, -0.15) is 5.10 Å². The molecule has 1 aromatic carbocycles. The van der Waals surface area contributed by atoms with Gasteiger partial charge in [-0.25, -0.2) is 9.37 Å². The SMILES string of the molecule is Cc1ccncc1-c1cc2cc(NC(=O)[C@@H]3[C@@H](C)[C@H]3c3cnn(CCO)c3)ncc2c(N)c1F. The van der Waals surface area contributed by atoms with Gasteiger partial charge in [-0.3, -0.25) is 14.5 Å². The number of carbonyl (C=O) groups is 1. The molecule has 1 amide bonds. The van der Waals surface area contributed by atoms with Gasteiger partial charge in [-0.1, -0.05) is 6.92 Å². The molecule has 1 saturated carbocycles. The lowest BCUT2D eigenvalue weighted by Gasteiger charge is -2.12. The second kappa shape index (κ2) is 8.49. The summed E-state index contributed by atoms with van der Waals surface area (Å²) >= 11 is 0. The number of halogens is 1. The second-order valence-corrected chi connectivity index (χ2v) is 8.79. The molecular weight excluding hydrogens is 435 g/mol. The minimum Gasteiger partial charge on any atom is -0.396 e. The number of carbonyl (C=O) groups excluding carboxylic acids is 1. The van der Waals surface area contributed by atoms with E-state index in [0.29, 0.717) is 34.3 Å². The van der Waals surface area contributed by atoms with Crippen molar-refractivity contribution in [3.8, 4) is 11.1 Å². The van der Waals surface area contributed by atoms with E-state index in [-0.39, 0.29) is 36.0 Å². The number of aromatic nitrogens is 4. The Morgan fingerprint density at radius 1 is 1.26 bits per heavy atom. The molecule has 3 atom stereocenters. The number of fused-ring (bicyclic) bond motifs is 1. The zero-order valence-electron chi connectivity index (χ0n) is 18.9. The number of anilines is 2. The minimum atomic E-state index is -0.515. The van der Waals surface area contributed by atoms with E-state index >= 15 is 4.39 Å². The Balaban J connectivity index is 1.40. The number of nitrogens with zero attached hydrogens (tertiary/aromatic N) is 4. The highest BCUT2D eigenvalue weighted by Crippen LogP contribution is 2.54. The maximum absolute atomic E-state index is 15.0. The van der Waals surface area contributed by atoms with Crippen LogP contribution in [0.5, 0.6) is 0 Å². The van der Waals surface area contributed by atoms with Crippen LogP contribution in [-0.2, 0) is 11.3 Å². The first kappa shape index (κ1) is 22.0. The third-order valence-electron chi connectivity index (χ3n) is 6.63. The first-order valence-corrected chi connectivity index (χ1v) is 11.1. The summed E-state index contributed by atoms with van der Waals surface area (Å²) < 4.78 is 16.7. The van der Waals surface area contributed by atoms with Crippen molar-refractivity contribution in [1.29, 1.82) is 0 Å². The molecule has 4 aromatic rings. The standard InChI is InChI=1S/C25H25FN6O2/c1-13-3-4-28-10-18(13)17-7-15-8-20(29-11-19(15)24(27)23(17)26)31-25(34)22-14(2)21(22)16-9-30-32(12-16)5-6-33/h3-4,7-12,14,21-22,33H,5-6,27H2,1-2H3,(H,29,31,34)/t14-,21-,22+/m0/s1. The van der Waals surface area contributed by atoms with Crippen molar-refractivity contribution in [1.82, 2.24) is 19.7 Å². The number of nitrogen functional groups attached to an aromatic ring is 1. The highest BCUT2D eigenvalue weighted by atomic mass is 19.1. The Morgan fingerprint density at radius 2 is 2.09 bits per heavy atom. The number of aryl methyl sites for hydroxylation is 1. The summed E-state index contributed by atoms with van der Waals surface area (Å²) in [4.78, 5) is 21.4. The predicted octanol–water partition coefficient (Wildman–Crippen LogP) is 3.50. The van der Waals surface area contributed by atoms with E-state index in [1.807, 2.05) is 26.1 Å². The summed E-state index contributed by atoms with van der Waals surface area (Å²) in [5.74, 6) is -0.228. The lowest BCUT2D eigenvalue weighted by Crippen LogP contribution is -2.16.